The third-order valence-corrected chi connectivity index (χ3v) is 5.37. The number of unbranched alkanes of at least 4 members (excludes halogenated alkanes) is 1. The number of likely N-dealkylation sites (tertiary alicyclic amines) is 2. The Labute approximate surface area is 169 Å². The van der Waals surface area contributed by atoms with Gasteiger partial charge in [-0.25, -0.2) is 8.78 Å². The molecule has 2 aliphatic heterocycles. The average molecular weight is 405 g/mol. The van der Waals surface area contributed by atoms with E-state index in [1.54, 1.807) is 12.1 Å². The van der Waals surface area contributed by atoms with Crippen molar-refractivity contribution in [2.45, 2.75) is 57.0 Å². The molecular weight excluding hydrogens is 380 g/mol. The highest BCUT2D eigenvalue weighted by molar-refractivity contribution is 5.98. The number of alkyl halides is 2. The van der Waals surface area contributed by atoms with Crippen LogP contribution in [0.25, 0.3) is 0 Å². The van der Waals surface area contributed by atoms with Crippen LogP contribution in [-0.2, 0) is 4.79 Å². The van der Waals surface area contributed by atoms with Crippen LogP contribution in [0.5, 0.6) is 5.75 Å². The maximum absolute atomic E-state index is 14.1. The van der Waals surface area contributed by atoms with Gasteiger partial charge in [-0.2, -0.15) is 5.26 Å². The summed E-state index contributed by atoms with van der Waals surface area (Å²) in [5.41, 5.74) is 0.224. The lowest BCUT2D eigenvalue weighted by Crippen LogP contribution is -2.49. The van der Waals surface area contributed by atoms with Crippen LogP contribution in [0.4, 0.5) is 8.78 Å². The van der Waals surface area contributed by atoms with Gasteiger partial charge in [-0.15, -0.1) is 0 Å². The molecule has 0 radical (unpaired) electrons. The number of nitriles is 1. The average Bonchev–Trinajstić information content (AvgIpc) is 3.31. The molecule has 2 aliphatic rings. The largest absolute Gasteiger partial charge is 0.494 e. The predicted octanol–water partition coefficient (Wildman–Crippen LogP) is 3.23. The molecule has 0 bridgehead atoms. The quantitative estimate of drug-likeness (QED) is 0.681. The van der Waals surface area contributed by atoms with Gasteiger partial charge in [0.1, 0.15) is 17.8 Å². The Hall–Kier alpha value is -2.69. The third-order valence-electron chi connectivity index (χ3n) is 5.37. The molecule has 2 heterocycles. The smallest absolute Gasteiger partial charge is 0.267 e. The summed E-state index contributed by atoms with van der Waals surface area (Å²) in [6.07, 6.45) is 2.37. The van der Waals surface area contributed by atoms with Gasteiger partial charge in [0.25, 0.3) is 11.8 Å². The second-order valence-electron chi connectivity index (χ2n) is 7.55. The predicted molar refractivity (Wildman–Crippen MR) is 102 cm³/mol. The first-order chi connectivity index (χ1) is 13.9. The second-order valence-corrected chi connectivity index (χ2v) is 7.55. The molecule has 156 valence electrons. The van der Waals surface area contributed by atoms with Crippen LogP contribution < -0.4 is 4.74 Å². The zero-order chi connectivity index (χ0) is 21.0. The van der Waals surface area contributed by atoms with E-state index in [2.05, 4.69) is 6.92 Å². The van der Waals surface area contributed by atoms with E-state index in [9.17, 15) is 23.6 Å². The summed E-state index contributed by atoms with van der Waals surface area (Å²) in [4.78, 5) is 28.1. The van der Waals surface area contributed by atoms with Gasteiger partial charge < -0.3 is 14.5 Å². The minimum Gasteiger partial charge on any atom is -0.494 e. The fraction of sp³-hybridized carbons (Fsp3) is 0.571. The van der Waals surface area contributed by atoms with Crippen molar-refractivity contribution in [3.05, 3.63) is 29.8 Å². The number of rotatable bonds is 6. The molecule has 0 aromatic heterocycles. The summed E-state index contributed by atoms with van der Waals surface area (Å²) in [5, 5.41) is 9.20. The fourth-order valence-corrected chi connectivity index (χ4v) is 3.80. The molecule has 0 aliphatic carbocycles. The molecule has 2 saturated heterocycles. The van der Waals surface area contributed by atoms with Crippen molar-refractivity contribution in [1.82, 2.24) is 9.80 Å². The van der Waals surface area contributed by atoms with E-state index < -0.39 is 42.8 Å². The van der Waals surface area contributed by atoms with Crippen LogP contribution in [0.3, 0.4) is 0 Å². The van der Waals surface area contributed by atoms with Crippen molar-refractivity contribution < 1.29 is 23.1 Å². The summed E-state index contributed by atoms with van der Waals surface area (Å²) in [6.45, 7) is 2.16. The Morgan fingerprint density at radius 2 is 2.00 bits per heavy atom. The van der Waals surface area contributed by atoms with Gasteiger partial charge >= 0.3 is 0 Å². The monoisotopic (exact) mass is 405 g/mol. The molecule has 3 rings (SSSR count). The highest BCUT2D eigenvalue weighted by Gasteiger charge is 2.52. The first kappa shape index (κ1) is 21.0. The molecule has 2 atom stereocenters. The zero-order valence-electron chi connectivity index (χ0n) is 16.4. The van der Waals surface area contributed by atoms with E-state index in [4.69, 9.17) is 4.74 Å². The zero-order valence-corrected chi connectivity index (χ0v) is 16.4. The van der Waals surface area contributed by atoms with Crippen molar-refractivity contribution in [3.63, 3.8) is 0 Å². The molecule has 0 N–H and O–H groups in total. The molecule has 8 heteroatoms. The number of amides is 2. The van der Waals surface area contributed by atoms with Gasteiger partial charge in [-0.1, -0.05) is 13.3 Å². The number of benzene rings is 1. The number of carbonyl (C=O) groups excluding carboxylic acids is 2. The minimum absolute atomic E-state index is 0.224. The second kappa shape index (κ2) is 8.76. The summed E-state index contributed by atoms with van der Waals surface area (Å²) < 4.78 is 33.8. The van der Waals surface area contributed by atoms with E-state index in [0.29, 0.717) is 31.7 Å². The van der Waals surface area contributed by atoms with E-state index >= 15 is 0 Å². The Balaban J connectivity index is 1.75. The molecule has 6 nitrogen and oxygen atoms in total. The molecule has 0 saturated carbocycles. The summed E-state index contributed by atoms with van der Waals surface area (Å²) >= 11 is 0. The summed E-state index contributed by atoms with van der Waals surface area (Å²) in [5.74, 6) is -3.73. The molecule has 1 aromatic rings. The van der Waals surface area contributed by atoms with Crippen molar-refractivity contribution in [2.24, 2.45) is 0 Å². The normalized spacial score (nSPS) is 23.1. The van der Waals surface area contributed by atoms with Gasteiger partial charge in [-0.3, -0.25) is 9.59 Å². The number of ether oxygens (including phenoxy) is 1. The van der Waals surface area contributed by atoms with Crippen LogP contribution in [0.15, 0.2) is 24.3 Å². The SMILES string of the molecule is CCCCOc1ccc(C(=O)N2CC(F)(F)C[C@H]2C(=O)N2CCC[C@H]2C#N)cc1. The number of nitrogens with zero attached hydrogens (tertiary/aromatic N) is 3. The maximum atomic E-state index is 14.1. The van der Waals surface area contributed by atoms with Gasteiger partial charge in [-0.05, 0) is 43.5 Å². The van der Waals surface area contributed by atoms with Crippen LogP contribution in [0.2, 0.25) is 0 Å². The van der Waals surface area contributed by atoms with Crippen molar-refractivity contribution in [3.8, 4) is 11.8 Å². The van der Waals surface area contributed by atoms with Crippen molar-refractivity contribution in [2.75, 3.05) is 19.7 Å². The Bertz CT molecular complexity index is 791. The minimum atomic E-state index is -3.14. The molecular formula is C21H25F2N3O3. The Morgan fingerprint density at radius 1 is 1.28 bits per heavy atom. The summed E-state index contributed by atoms with van der Waals surface area (Å²) in [6, 6.07) is 6.46. The van der Waals surface area contributed by atoms with Crippen molar-refractivity contribution >= 4 is 11.8 Å². The third kappa shape index (κ3) is 4.66. The van der Waals surface area contributed by atoms with Crippen LogP contribution in [0, 0.1) is 11.3 Å². The first-order valence-corrected chi connectivity index (χ1v) is 9.98. The number of halogens is 2. The topological polar surface area (TPSA) is 73.6 Å². The summed E-state index contributed by atoms with van der Waals surface area (Å²) in [7, 11) is 0. The van der Waals surface area contributed by atoms with E-state index in [1.165, 1.54) is 17.0 Å². The van der Waals surface area contributed by atoms with Crippen LogP contribution >= 0.6 is 0 Å². The standard InChI is InChI=1S/C21H25F2N3O3/c1-2-3-11-29-17-8-6-15(7-9-17)19(27)26-14-21(22,23)12-18(26)20(28)25-10-4-5-16(25)13-24/h6-9,16,18H,2-5,10-12,14H2,1H3/t16-,18-/m0/s1. The fourth-order valence-electron chi connectivity index (χ4n) is 3.80. The van der Waals surface area contributed by atoms with Gasteiger partial charge in [0.2, 0.25) is 5.91 Å². The molecule has 29 heavy (non-hydrogen) atoms. The van der Waals surface area contributed by atoms with Gasteiger partial charge in [0.15, 0.2) is 0 Å². The first-order valence-electron chi connectivity index (χ1n) is 9.98. The Kier molecular flexibility index (Phi) is 6.36. The van der Waals surface area contributed by atoms with Crippen LogP contribution in [0.1, 0.15) is 49.4 Å². The van der Waals surface area contributed by atoms with Gasteiger partial charge in [0, 0.05) is 18.5 Å². The molecule has 0 spiro atoms. The number of carbonyl (C=O) groups is 2. The number of hydrogen-bond donors (Lipinski definition) is 0. The van der Waals surface area contributed by atoms with Crippen molar-refractivity contribution in [1.29, 1.82) is 5.26 Å². The van der Waals surface area contributed by atoms with E-state index in [-0.39, 0.29) is 5.56 Å². The molecule has 2 fully saturated rings. The highest BCUT2D eigenvalue weighted by Crippen LogP contribution is 2.35. The lowest BCUT2D eigenvalue weighted by Gasteiger charge is -2.28. The Morgan fingerprint density at radius 3 is 2.66 bits per heavy atom. The molecule has 0 unspecified atom stereocenters. The number of hydrogen-bond acceptors (Lipinski definition) is 4. The lowest BCUT2D eigenvalue weighted by atomic mass is 10.1. The maximum Gasteiger partial charge on any atom is 0.267 e. The molecule has 1 aromatic carbocycles. The highest BCUT2D eigenvalue weighted by atomic mass is 19.3. The van der Waals surface area contributed by atoms with E-state index in [1.807, 2.05) is 6.07 Å². The lowest BCUT2D eigenvalue weighted by molar-refractivity contribution is -0.135. The van der Waals surface area contributed by atoms with Crippen LogP contribution in [-0.4, -0.2) is 59.3 Å². The molecule has 2 amide bonds. The van der Waals surface area contributed by atoms with E-state index in [0.717, 1.165) is 17.7 Å². The van der Waals surface area contributed by atoms with Gasteiger partial charge in [0.05, 0.1) is 19.2 Å².